The van der Waals surface area contributed by atoms with Crippen LogP contribution < -0.4 is 5.73 Å². The number of esters is 1. The summed E-state index contributed by atoms with van der Waals surface area (Å²) in [7, 11) is 1.31. The van der Waals surface area contributed by atoms with Crippen LogP contribution in [0.3, 0.4) is 0 Å². The largest absolute Gasteiger partial charge is 0.468 e. The van der Waals surface area contributed by atoms with Crippen LogP contribution in [0.5, 0.6) is 0 Å². The van der Waals surface area contributed by atoms with Gasteiger partial charge in [0.05, 0.1) is 18.4 Å². The molecule has 0 bridgehead atoms. The Hall–Kier alpha value is -1.80. The molecule has 0 saturated carbocycles. The molecule has 0 aliphatic heterocycles. The van der Waals surface area contributed by atoms with Gasteiger partial charge in [-0.2, -0.15) is 0 Å². The number of furan rings is 1. The van der Waals surface area contributed by atoms with Gasteiger partial charge in [-0.05, 0) is 19.9 Å². The Morgan fingerprint density at radius 1 is 1.43 bits per heavy atom. The van der Waals surface area contributed by atoms with E-state index in [2.05, 4.69) is 14.9 Å². The number of nitrogens with two attached hydrogens (primary N) is 1. The van der Waals surface area contributed by atoms with Crippen molar-refractivity contribution in [3.8, 4) is 11.5 Å². The van der Waals surface area contributed by atoms with Crippen LogP contribution in [0.1, 0.15) is 17.4 Å². The number of hydrogen-bond acceptors (Lipinski definition) is 8. The summed E-state index contributed by atoms with van der Waals surface area (Å²) >= 11 is 1.43. The Morgan fingerprint density at radius 3 is 2.81 bits per heavy atom. The van der Waals surface area contributed by atoms with E-state index in [0.717, 1.165) is 17.1 Å². The van der Waals surface area contributed by atoms with Crippen molar-refractivity contribution in [1.29, 1.82) is 0 Å². The molecule has 0 amide bonds. The summed E-state index contributed by atoms with van der Waals surface area (Å²) in [5.74, 6) is 2.91. The molecule has 0 fully saturated rings. The van der Waals surface area contributed by atoms with Crippen LogP contribution in [-0.2, 0) is 15.3 Å². The number of ether oxygens (including phenoxy) is 1. The molecule has 0 aromatic carbocycles. The maximum Gasteiger partial charge on any atom is 0.323 e. The van der Waals surface area contributed by atoms with Crippen molar-refractivity contribution >= 4 is 17.7 Å². The SMILES string of the molecule is COC(=O)C(N)CSCc1nnc(-c2cc(C)oc2C)o1. The lowest BCUT2D eigenvalue weighted by atomic mass is 10.2. The first-order chi connectivity index (χ1) is 10.0. The zero-order chi connectivity index (χ0) is 15.4. The molecule has 2 rings (SSSR count). The quantitative estimate of drug-likeness (QED) is 0.803. The van der Waals surface area contributed by atoms with E-state index < -0.39 is 12.0 Å². The fourth-order valence-corrected chi connectivity index (χ4v) is 2.56. The van der Waals surface area contributed by atoms with Crippen LogP contribution in [0, 0.1) is 13.8 Å². The topological polar surface area (TPSA) is 104 Å². The maximum atomic E-state index is 11.2. The Bertz CT molecular complexity index is 623. The maximum absolute atomic E-state index is 11.2. The number of hydrogen-bond donors (Lipinski definition) is 1. The summed E-state index contributed by atoms with van der Waals surface area (Å²) < 4.78 is 15.6. The lowest BCUT2D eigenvalue weighted by Crippen LogP contribution is -2.33. The summed E-state index contributed by atoms with van der Waals surface area (Å²) in [6, 6.07) is 1.20. The monoisotopic (exact) mass is 311 g/mol. The van der Waals surface area contributed by atoms with Crippen LogP contribution in [-0.4, -0.2) is 35.1 Å². The predicted octanol–water partition coefficient (Wildman–Crippen LogP) is 1.68. The zero-order valence-corrected chi connectivity index (χ0v) is 12.9. The average Bonchev–Trinajstić information content (AvgIpc) is 3.04. The highest BCUT2D eigenvalue weighted by Gasteiger charge is 2.16. The van der Waals surface area contributed by atoms with Crippen molar-refractivity contribution in [2.75, 3.05) is 12.9 Å². The van der Waals surface area contributed by atoms with Gasteiger partial charge in [0.15, 0.2) is 0 Å². The van der Waals surface area contributed by atoms with Crippen LogP contribution in [0.2, 0.25) is 0 Å². The highest BCUT2D eigenvalue weighted by molar-refractivity contribution is 7.98. The Morgan fingerprint density at radius 2 is 2.19 bits per heavy atom. The molecule has 1 atom stereocenters. The molecule has 0 aliphatic carbocycles. The third-order valence-corrected chi connectivity index (χ3v) is 3.81. The van der Waals surface area contributed by atoms with Gasteiger partial charge in [-0.15, -0.1) is 22.0 Å². The van der Waals surface area contributed by atoms with E-state index in [-0.39, 0.29) is 0 Å². The number of methoxy groups -OCH3 is 1. The number of thioether (sulfide) groups is 1. The van der Waals surface area contributed by atoms with Gasteiger partial charge in [-0.1, -0.05) is 0 Å². The Kier molecular flexibility index (Phi) is 5.03. The minimum atomic E-state index is -0.652. The van der Waals surface area contributed by atoms with E-state index in [9.17, 15) is 4.79 Å². The van der Waals surface area contributed by atoms with E-state index in [0.29, 0.717) is 23.3 Å². The first-order valence-electron chi connectivity index (χ1n) is 6.32. The summed E-state index contributed by atoms with van der Waals surface area (Å²) in [6.07, 6.45) is 0. The van der Waals surface area contributed by atoms with E-state index in [1.54, 1.807) is 0 Å². The third kappa shape index (κ3) is 3.85. The first-order valence-corrected chi connectivity index (χ1v) is 7.47. The number of carbonyl (C=O) groups is 1. The van der Waals surface area contributed by atoms with Gasteiger partial charge in [0.1, 0.15) is 17.6 Å². The predicted molar refractivity (Wildman–Crippen MR) is 77.6 cm³/mol. The molecule has 7 nitrogen and oxygen atoms in total. The fraction of sp³-hybridized carbons (Fsp3) is 0.462. The summed E-state index contributed by atoms with van der Waals surface area (Å²) in [5, 5.41) is 7.97. The molecular formula is C13H17N3O4S. The van der Waals surface area contributed by atoms with E-state index in [1.807, 2.05) is 19.9 Å². The second-order valence-corrected chi connectivity index (χ2v) is 5.50. The highest BCUT2D eigenvalue weighted by atomic mass is 32.2. The fourth-order valence-electron chi connectivity index (χ4n) is 1.76. The lowest BCUT2D eigenvalue weighted by molar-refractivity contribution is -0.141. The minimum Gasteiger partial charge on any atom is -0.468 e. The van der Waals surface area contributed by atoms with Crippen molar-refractivity contribution < 1.29 is 18.4 Å². The van der Waals surface area contributed by atoms with Gasteiger partial charge >= 0.3 is 5.97 Å². The molecule has 8 heteroatoms. The van der Waals surface area contributed by atoms with E-state index in [1.165, 1.54) is 18.9 Å². The Balaban J connectivity index is 1.92. The number of carbonyl (C=O) groups excluding carboxylic acids is 1. The summed E-state index contributed by atoms with van der Waals surface area (Å²) in [5.41, 5.74) is 6.43. The van der Waals surface area contributed by atoms with Gasteiger partial charge in [-0.3, -0.25) is 4.79 Å². The minimum absolute atomic E-state index is 0.425. The molecule has 2 heterocycles. The van der Waals surface area contributed by atoms with Gasteiger partial charge in [0, 0.05) is 5.75 Å². The number of aryl methyl sites for hydroxylation is 2. The first kappa shape index (κ1) is 15.6. The molecule has 1 unspecified atom stereocenters. The van der Waals surface area contributed by atoms with E-state index >= 15 is 0 Å². The smallest absolute Gasteiger partial charge is 0.323 e. The molecule has 0 spiro atoms. The van der Waals surface area contributed by atoms with Crippen molar-refractivity contribution in [3.05, 3.63) is 23.5 Å². The summed E-state index contributed by atoms with van der Waals surface area (Å²) in [6.45, 7) is 3.70. The number of nitrogens with zero attached hydrogens (tertiary/aromatic N) is 2. The van der Waals surface area contributed by atoms with Crippen LogP contribution in [0.15, 0.2) is 14.9 Å². The molecule has 0 saturated heterocycles. The van der Waals surface area contributed by atoms with E-state index in [4.69, 9.17) is 14.6 Å². The second kappa shape index (κ2) is 6.77. The molecular weight excluding hydrogens is 294 g/mol. The zero-order valence-electron chi connectivity index (χ0n) is 12.1. The average molecular weight is 311 g/mol. The van der Waals surface area contributed by atoms with Crippen LogP contribution in [0.25, 0.3) is 11.5 Å². The molecule has 2 aromatic heterocycles. The number of aromatic nitrogens is 2. The molecule has 0 aliphatic rings. The molecule has 2 N–H and O–H groups in total. The molecule has 0 radical (unpaired) electrons. The van der Waals surface area contributed by atoms with Gasteiger partial charge < -0.3 is 19.3 Å². The van der Waals surface area contributed by atoms with Crippen molar-refractivity contribution in [2.45, 2.75) is 25.6 Å². The second-order valence-electron chi connectivity index (χ2n) is 4.47. The Labute approximate surface area is 126 Å². The van der Waals surface area contributed by atoms with Crippen LogP contribution in [0.4, 0.5) is 0 Å². The molecule has 2 aromatic rings. The third-order valence-electron chi connectivity index (χ3n) is 2.77. The molecule has 114 valence electrons. The number of rotatable bonds is 6. The normalized spacial score (nSPS) is 12.4. The van der Waals surface area contributed by atoms with Crippen LogP contribution >= 0.6 is 11.8 Å². The van der Waals surface area contributed by atoms with Gasteiger partial charge in [0.2, 0.25) is 5.89 Å². The van der Waals surface area contributed by atoms with Crippen molar-refractivity contribution in [3.63, 3.8) is 0 Å². The van der Waals surface area contributed by atoms with Gasteiger partial charge in [-0.25, -0.2) is 0 Å². The van der Waals surface area contributed by atoms with Crippen molar-refractivity contribution in [2.24, 2.45) is 5.73 Å². The highest BCUT2D eigenvalue weighted by Crippen LogP contribution is 2.26. The summed E-state index contributed by atoms with van der Waals surface area (Å²) in [4.78, 5) is 11.2. The molecule has 21 heavy (non-hydrogen) atoms. The van der Waals surface area contributed by atoms with Gasteiger partial charge in [0.25, 0.3) is 5.89 Å². The van der Waals surface area contributed by atoms with Crippen molar-refractivity contribution in [1.82, 2.24) is 10.2 Å². The standard InChI is InChI=1S/C13H17N3O4S/c1-7-4-9(8(2)19-7)12-16-15-11(20-12)6-21-5-10(14)13(17)18-3/h4,10H,5-6,14H2,1-3H3. The lowest BCUT2D eigenvalue weighted by Gasteiger charge is -2.06.